The molecule has 3 N–H and O–H groups in total. The Kier molecular flexibility index (Phi) is 8.33. The molecular formula is C27H32N2O5S. The van der Waals surface area contributed by atoms with Crippen molar-refractivity contribution in [2.24, 2.45) is 11.8 Å². The van der Waals surface area contributed by atoms with Crippen molar-refractivity contribution >= 4 is 29.7 Å². The molecule has 2 aliphatic rings. The Labute approximate surface area is 210 Å². The molecule has 8 heteroatoms. The SMILES string of the molecule is CSCCC(NC(=O)OCC1c2ccccc2-c2ccccc21)C(=O)NCC1CC(CC(=O)O)C1. The third-order valence-corrected chi connectivity index (χ3v) is 7.57. The maximum atomic E-state index is 12.8. The fourth-order valence-electron chi connectivity index (χ4n) is 5.11. The van der Waals surface area contributed by atoms with Gasteiger partial charge in [-0.05, 0) is 65.4 Å². The van der Waals surface area contributed by atoms with Crippen molar-refractivity contribution in [1.82, 2.24) is 10.6 Å². The number of rotatable bonds is 11. The number of carboxylic acid groups (broad SMARTS) is 1. The van der Waals surface area contributed by atoms with Gasteiger partial charge in [0.2, 0.25) is 5.91 Å². The lowest BCUT2D eigenvalue weighted by Crippen LogP contribution is -2.49. The van der Waals surface area contributed by atoms with Crippen LogP contribution in [0.3, 0.4) is 0 Å². The molecule has 0 saturated heterocycles. The smallest absolute Gasteiger partial charge is 0.407 e. The van der Waals surface area contributed by atoms with E-state index in [0.717, 1.165) is 40.8 Å². The van der Waals surface area contributed by atoms with Gasteiger partial charge in [-0.3, -0.25) is 9.59 Å². The van der Waals surface area contributed by atoms with Crippen molar-refractivity contribution < 1.29 is 24.2 Å². The van der Waals surface area contributed by atoms with Gasteiger partial charge in [0.1, 0.15) is 12.6 Å². The second kappa shape index (κ2) is 11.6. The highest BCUT2D eigenvalue weighted by Gasteiger charge is 2.32. The number of alkyl carbamates (subject to hydrolysis) is 1. The van der Waals surface area contributed by atoms with E-state index in [1.165, 1.54) is 0 Å². The number of ether oxygens (including phenoxy) is 1. The van der Waals surface area contributed by atoms with Gasteiger partial charge in [-0.1, -0.05) is 48.5 Å². The first kappa shape index (κ1) is 25.1. The number of aliphatic carboxylic acids is 1. The van der Waals surface area contributed by atoms with Gasteiger partial charge in [-0.2, -0.15) is 11.8 Å². The summed E-state index contributed by atoms with van der Waals surface area (Å²) in [6.07, 6.45) is 3.66. The van der Waals surface area contributed by atoms with E-state index < -0.39 is 18.1 Å². The van der Waals surface area contributed by atoms with Crippen LogP contribution in [0.4, 0.5) is 4.79 Å². The summed E-state index contributed by atoms with van der Waals surface area (Å²) in [6.45, 7) is 0.695. The first-order valence-electron chi connectivity index (χ1n) is 12.1. The summed E-state index contributed by atoms with van der Waals surface area (Å²) in [6, 6.07) is 15.6. The molecule has 0 aromatic heterocycles. The summed E-state index contributed by atoms with van der Waals surface area (Å²) in [4.78, 5) is 36.3. The second-order valence-corrected chi connectivity index (χ2v) is 10.3. The summed E-state index contributed by atoms with van der Waals surface area (Å²) in [5.74, 6) is 0.172. The van der Waals surface area contributed by atoms with Crippen molar-refractivity contribution in [1.29, 1.82) is 0 Å². The molecule has 4 rings (SSSR count). The van der Waals surface area contributed by atoms with Gasteiger partial charge in [0.05, 0.1) is 0 Å². The minimum absolute atomic E-state index is 0.0380. The molecule has 2 aromatic rings. The maximum absolute atomic E-state index is 12.8. The third kappa shape index (κ3) is 6.17. The fraction of sp³-hybridized carbons (Fsp3) is 0.444. The first-order chi connectivity index (χ1) is 17.0. The Hall–Kier alpha value is -3.00. The number of carbonyl (C=O) groups is 3. The third-order valence-electron chi connectivity index (χ3n) is 6.92. The number of hydrogen-bond donors (Lipinski definition) is 3. The number of amides is 2. The van der Waals surface area contributed by atoms with E-state index in [-0.39, 0.29) is 30.8 Å². The summed E-state index contributed by atoms with van der Waals surface area (Å²) in [5.41, 5.74) is 4.60. The van der Waals surface area contributed by atoms with Crippen LogP contribution in [0.5, 0.6) is 0 Å². The Morgan fingerprint density at radius 3 is 2.26 bits per heavy atom. The highest BCUT2D eigenvalue weighted by Crippen LogP contribution is 2.44. The average Bonchev–Trinajstić information content (AvgIpc) is 3.15. The van der Waals surface area contributed by atoms with Crippen LogP contribution in [0, 0.1) is 11.8 Å². The molecule has 0 radical (unpaired) electrons. The van der Waals surface area contributed by atoms with Crippen molar-refractivity contribution in [3.05, 3.63) is 59.7 Å². The van der Waals surface area contributed by atoms with Gasteiger partial charge in [-0.25, -0.2) is 4.79 Å². The molecule has 2 aromatic carbocycles. The molecule has 7 nitrogen and oxygen atoms in total. The van der Waals surface area contributed by atoms with E-state index in [9.17, 15) is 14.4 Å². The quantitative estimate of drug-likeness (QED) is 0.429. The van der Waals surface area contributed by atoms with E-state index in [1.54, 1.807) is 11.8 Å². The van der Waals surface area contributed by atoms with E-state index in [0.29, 0.717) is 18.9 Å². The van der Waals surface area contributed by atoms with Gasteiger partial charge >= 0.3 is 12.1 Å². The zero-order valence-electron chi connectivity index (χ0n) is 19.9. The predicted octanol–water partition coefficient (Wildman–Crippen LogP) is 4.26. The molecule has 1 unspecified atom stereocenters. The normalized spacial score (nSPS) is 19.1. The number of carboxylic acids is 1. The highest BCUT2D eigenvalue weighted by atomic mass is 32.2. The summed E-state index contributed by atoms with van der Waals surface area (Å²) >= 11 is 1.61. The summed E-state index contributed by atoms with van der Waals surface area (Å²) in [5, 5.41) is 14.6. The summed E-state index contributed by atoms with van der Waals surface area (Å²) in [7, 11) is 0. The number of thioether (sulfide) groups is 1. The molecule has 0 bridgehead atoms. The Bertz CT molecular complexity index is 1020. The van der Waals surface area contributed by atoms with Gasteiger partial charge < -0.3 is 20.5 Å². The number of nitrogens with one attached hydrogen (secondary N) is 2. The number of benzene rings is 2. The average molecular weight is 497 g/mol. The number of hydrogen-bond acceptors (Lipinski definition) is 5. The van der Waals surface area contributed by atoms with Crippen molar-refractivity contribution in [2.75, 3.05) is 25.2 Å². The van der Waals surface area contributed by atoms with Crippen LogP contribution in [0.15, 0.2) is 48.5 Å². The van der Waals surface area contributed by atoms with E-state index in [2.05, 4.69) is 34.9 Å². The Morgan fingerprint density at radius 2 is 1.66 bits per heavy atom. The molecule has 35 heavy (non-hydrogen) atoms. The van der Waals surface area contributed by atoms with Crippen molar-refractivity contribution in [2.45, 2.75) is 37.6 Å². The van der Waals surface area contributed by atoms with Crippen LogP contribution in [0.1, 0.15) is 42.7 Å². The zero-order chi connectivity index (χ0) is 24.8. The lowest BCUT2D eigenvalue weighted by Gasteiger charge is -2.34. The molecule has 1 saturated carbocycles. The molecule has 2 amide bonds. The van der Waals surface area contributed by atoms with E-state index >= 15 is 0 Å². The molecular weight excluding hydrogens is 464 g/mol. The lowest BCUT2D eigenvalue weighted by molar-refractivity contribution is -0.139. The summed E-state index contributed by atoms with van der Waals surface area (Å²) < 4.78 is 5.62. The molecule has 0 heterocycles. The monoisotopic (exact) mass is 496 g/mol. The minimum Gasteiger partial charge on any atom is -0.481 e. The van der Waals surface area contributed by atoms with Crippen LogP contribution < -0.4 is 10.6 Å². The van der Waals surface area contributed by atoms with Crippen LogP contribution in [0.2, 0.25) is 0 Å². The van der Waals surface area contributed by atoms with Crippen LogP contribution >= 0.6 is 11.8 Å². The van der Waals surface area contributed by atoms with Crippen LogP contribution in [-0.2, 0) is 14.3 Å². The van der Waals surface area contributed by atoms with Gasteiger partial charge in [0.25, 0.3) is 0 Å². The maximum Gasteiger partial charge on any atom is 0.407 e. The largest absolute Gasteiger partial charge is 0.481 e. The standard InChI is InChI=1S/C27H32N2O5S/c1-35-11-10-24(26(32)28-15-18-12-17(13-18)14-25(30)31)29-27(33)34-16-23-21-8-4-2-6-19(21)20-7-3-5-9-22(20)23/h2-9,17-18,23-24H,10-16H2,1H3,(H,28,32)(H,29,33)(H,30,31). The Morgan fingerprint density at radius 1 is 1.03 bits per heavy atom. The second-order valence-electron chi connectivity index (χ2n) is 9.35. The molecule has 0 spiro atoms. The first-order valence-corrected chi connectivity index (χ1v) is 13.5. The van der Waals surface area contributed by atoms with Gasteiger partial charge in [0.15, 0.2) is 0 Å². The lowest BCUT2D eigenvalue weighted by atomic mass is 9.73. The number of fused-ring (bicyclic) bond motifs is 3. The predicted molar refractivity (Wildman–Crippen MR) is 136 cm³/mol. The molecule has 1 atom stereocenters. The topological polar surface area (TPSA) is 105 Å². The van der Waals surface area contributed by atoms with Crippen LogP contribution in [0.25, 0.3) is 11.1 Å². The zero-order valence-corrected chi connectivity index (χ0v) is 20.7. The molecule has 2 aliphatic carbocycles. The molecule has 0 aliphatic heterocycles. The number of carbonyl (C=O) groups excluding carboxylic acids is 2. The highest BCUT2D eigenvalue weighted by molar-refractivity contribution is 7.98. The van der Waals surface area contributed by atoms with E-state index in [4.69, 9.17) is 9.84 Å². The molecule has 1 fully saturated rings. The Balaban J connectivity index is 1.29. The van der Waals surface area contributed by atoms with Crippen LogP contribution in [-0.4, -0.2) is 54.3 Å². The van der Waals surface area contributed by atoms with E-state index in [1.807, 2.05) is 30.5 Å². The van der Waals surface area contributed by atoms with Crippen molar-refractivity contribution in [3.8, 4) is 11.1 Å². The fourth-order valence-corrected chi connectivity index (χ4v) is 5.58. The molecule has 186 valence electrons. The van der Waals surface area contributed by atoms with Gasteiger partial charge in [0, 0.05) is 18.9 Å². The van der Waals surface area contributed by atoms with Gasteiger partial charge in [-0.15, -0.1) is 0 Å². The minimum atomic E-state index is -0.776. The van der Waals surface area contributed by atoms with Crippen molar-refractivity contribution in [3.63, 3.8) is 0 Å².